The molecule has 0 saturated heterocycles. The van der Waals surface area contributed by atoms with Gasteiger partial charge < -0.3 is 10.2 Å². The molecule has 2 N–H and O–H groups in total. The van der Waals surface area contributed by atoms with Crippen LogP contribution in [0.15, 0.2) is 48.5 Å². The van der Waals surface area contributed by atoms with Crippen molar-refractivity contribution in [1.82, 2.24) is 0 Å². The number of nitrogens with zero attached hydrogens (tertiary/aromatic N) is 2. The molecule has 0 aliphatic heterocycles. The van der Waals surface area contributed by atoms with Gasteiger partial charge >= 0.3 is 0 Å². The number of nitro benzene ring substituents is 2. The van der Waals surface area contributed by atoms with Crippen molar-refractivity contribution in [1.29, 1.82) is 0 Å². The van der Waals surface area contributed by atoms with Gasteiger partial charge in [-0.3, -0.25) is 29.8 Å². The van der Waals surface area contributed by atoms with Crippen molar-refractivity contribution >= 4 is 22.9 Å². The molecular weight excluding hydrogens is 420 g/mol. The molecule has 0 aliphatic rings. The fraction of sp³-hybridized carbons (Fsp3) is 0.364. The number of hydrogen-bond acceptors (Lipinski definition) is 8. The van der Waals surface area contributed by atoms with E-state index in [2.05, 4.69) is 0 Å². The van der Waals surface area contributed by atoms with E-state index in [1.807, 2.05) is 0 Å². The van der Waals surface area contributed by atoms with Crippen LogP contribution in [0.25, 0.3) is 0 Å². The van der Waals surface area contributed by atoms with Crippen LogP contribution >= 0.6 is 0 Å². The third-order valence-electron chi connectivity index (χ3n) is 4.98. The molecule has 2 atom stereocenters. The number of nitro groups is 2. The standard InChI is InChI=1S/C22H24N2O8/c1-21(2,27)19(25)17(13-7-5-9-15(11-13)23(29)30)18(20(26)22(3,4)28)14-8-6-10-16(12-14)24(31)32/h5-12,17-18,27-28H,1-4H3. The molecule has 0 bridgehead atoms. The first-order chi connectivity index (χ1) is 14.6. The van der Waals surface area contributed by atoms with Crippen molar-refractivity contribution in [2.24, 2.45) is 0 Å². The Morgan fingerprint density at radius 2 is 1.06 bits per heavy atom. The van der Waals surface area contributed by atoms with E-state index in [1.54, 1.807) is 0 Å². The van der Waals surface area contributed by atoms with Gasteiger partial charge in [0, 0.05) is 24.3 Å². The lowest BCUT2D eigenvalue weighted by Gasteiger charge is -2.33. The second kappa shape index (κ2) is 8.93. The van der Waals surface area contributed by atoms with Gasteiger partial charge in [0.2, 0.25) is 0 Å². The summed E-state index contributed by atoms with van der Waals surface area (Å²) in [6.45, 7) is 4.83. The molecule has 0 radical (unpaired) electrons. The summed E-state index contributed by atoms with van der Waals surface area (Å²) in [6, 6.07) is 10.1. The van der Waals surface area contributed by atoms with Gasteiger partial charge in [-0.2, -0.15) is 0 Å². The maximum absolute atomic E-state index is 13.3. The lowest BCUT2D eigenvalue weighted by molar-refractivity contribution is -0.385. The van der Waals surface area contributed by atoms with Gasteiger partial charge in [-0.1, -0.05) is 24.3 Å². The predicted molar refractivity (Wildman–Crippen MR) is 114 cm³/mol. The molecule has 0 spiro atoms. The van der Waals surface area contributed by atoms with Gasteiger partial charge in [-0.05, 0) is 38.8 Å². The quantitative estimate of drug-likeness (QED) is 0.440. The molecule has 0 saturated carbocycles. The summed E-state index contributed by atoms with van der Waals surface area (Å²) in [7, 11) is 0. The first kappa shape index (κ1) is 24.8. The van der Waals surface area contributed by atoms with E-state index >= 15 is 0 Å². The average molecular weight is 444 g/mol. The predicted octanol–water partition coefficient (Wildman–Crippen LogP) is 3.05. The van der Waals surface area contributed by atoms with Crippen LogP contribution in [0.1, 0.15) is 50.7 Å². The summed E-state index contributed by atoms with van der Waals surface area (Å²) in [5.74, 6) is -4.61. The highest BCUT2D eigenvalue weighted by Crippen LogP contribution is 2.41. The second-order valence-electron chi connectivity index (χ2n) is 8.51. The van der Waals surface area contributed by atoms with Gasteiger partial charge in [0.1, 0.15) is 11.2 Å². The number of carbonyl (C=O) groups is 2. The van der Waals surface area contributed by atoms with Crippen molar-refractivity contribution in [3.05, 3.63) is 79.9 Å². The monoisotopic (exact) mass is 444 g/mol. The number of aliphatic hydroxyl groups is 2. The highest BCUT2D eigenvalue weighted by Gasteiger charge is 2.45. The third-order valence-corrected chi connectivity index (χ3v) is 4.98. The fourth-order valence-corrected chi connectivity index (χ4v) is 3.42. The van der Waals surface area contributed by atoms with E-state index in [-0.39, 0.29) is 22.5 Å². The van der Waals surface area contributed by atoms with Gasteiger partial charge in [0.15, 0.2) is 11.6 Å². The molecular formula is C22H24N2O8. The summed E-state index contributed by atoms with van der Waals surface area (Å²) in [5, 5.41) is 43.5. The molecule has 0 heterocycles. The zero-order valence-electron chi connectivity index (χ0n) is 18.0. The molecule has 170 valence electrons. The van der Waals surface area contributed by atoms with Gasteiger partial charge in [0.25, 0.3) is 11.4 Å². The Bertz CT molecular complexity index is 981. The largest absolute Gasteiger partial charge is 0.383 e. The van der Waals surface area contributed by atoms with Crippen molar-refractivity contribution in [2.45, 2.75) is 50.7 Å². The molecule has 2 aromatic rings. The lowest BCUT2D eigenvalue weighted by Crippen LogP contribution is -2.44. The van der Waals surface area contributed by atoms with Crippen LogP contribution in [0.4, 0.5) is 11.4 Å². The number of Topliss-reactive ketones (excluding diaryl/α,β-unsaturated/α-hetero) is 2. The van der Waals surface area contributed by atoms with Crippen molar-refractivity contribution in [2.75, 3.05) is 0 Å². The molecule has 0 aromatic heterocycles. The van der Waals surface area contributed by atoms with Crippen molar-refractivity contribution in [3.63, 3.8) is 0 Å². The van der Waals surface area contributed by atoms with E-state index in [9.17, 15) is 40.0 Å². The van der Waals surface area contributed by atoms with E-state index in [0.717, 1.165) is 12.1 Å². The lowest BCUT2D eigenvalue weighted by atomic mass is 9.70. The number of ketones is 2. The van der Waals surface area contributed by atoms with E-state index in [4.69, 9.17) is 0 Å². The normalized spacial score (nSPS) is 13.8. The van der Waals surface area contributed by atoms with Crippen LogP contribution in [-0.2, 0) is 9.59 Å². The fourth-order valence-electron chi connectivity index (χ4n) is 3.42. The molecule has 10 heteroatoms. The molecule has 0 fully saturated rings. The van der Waals surface area contributed by atoms with Crippen LogP contribution in [0, 0.1) is 20.2 Å². The Morgan fingerprint density at radius 1 is 0.750 bits per heavy atom. The Morgan fingerprint density at radius 3 is 1.31 bits per heavy atom. The molecule has 2 aromatic carbocycles. The number of hydrogen-bond donors (Lipinski definition) is 2. The van der Waals surface area contributed by atoms with E-state index < -0.39 is 44.5 Å². The topological polar surface area (TPSA) is 161 Å². The summed E-state index contributed by atoms with van der Waals surface area (Å²) < 4.78 is 0. The highest BCUT2D eigenvalue weighted by molar-refractivity contribution is 6.02. The third kappa shape index (κ3) is 5.40. The van der Waals surface area contributed by atoms with Crippen LogP contribution in [0.2, 0.25) is 0 Å². The Kier molecular flexibility index (Phi) is 6.91. The van der Waals surface area contributed by atoms with Crippen LogP contribution in [-0.4, -0.2) is 42.8 Å². The number of non-ortho nitro benzene ring substituents is 2. The smallest absolute Gasteiger partial charge is 0.269 e. The summed E-state index contributed by atoms with van der Waals surface area (Å²) in [6.07, 6.45) is 0. The maximum Gasteiger partial charge on any atom is 0.269 e. The Labute approximate surface area is 183 Å². The van der Waals surface area contributed by atoms with Gasteiger partial charge in [0.05, 0.1) is 21.7 Å². The summed E-state index contributed by atoms with van der Waals surface area (Å²) in [5.41, 5.74) is -4.47. The maximum atomic E-state index is 13.3. The second-order valence-corrected chi connectivity index (χ2v) is 8.51. The van der Waals surface area contributed by atoms with Crippen molar-refractivity contribution in [3.8, 4) is 0 Å². The SMILES string of the molecule is CC(C)(O)C(=O)C(c1cccc([N+](=O)[O-])c1)C(C(=O)C(C)(C)O)c1cccc([N+](=O)[O-])c1. The van der Waals surface area contributed by atoms with Gasteiger partial charge in [-0.25, -0.2) is 0 Å². The number of benzene rings is 2. The minimum Gasteiger partial charge on any atom is -0.383 e. The first-order valence-corrected chi connectivity index (χ1v) is 9.66. The zero-order valence-corrected chi connectivity index (χ0v) is 18.0. The summed E-state index contributed by atoms with van der Waals surface area (Å²) in [4.78, 5) is 47.9. The average Bonchev–Trinajstić information content (AvgIpc) is 2.69. The first-order valence-electron chi connectivity index (χ1n) is 9.66. The van der Waals surface area contributed by atoms with E-state index in [0.29, 0.717) is 0 Å². The van der Waals surface area contributed by atoms with Crippen LogP contribution < -0.4 is 0 Å². The summed E-state index contributed by atoms with van der Waals surface area (Å²) >= 11 is 0. The number of rotatable bonds is 9. The number of carbonyl (C=O) groups excluding carboxylic acids is 2. The molecule has 2 rings (SSSR count). The molecule has 10 nitrogen and oxygen atoms in total. The minimum absolute atomic E-state index is 0.0560. The van der Waals surface area contributed by atoms with Crippen LogP contribution in [0.3, 0.4) is 0 Å². The highest BCUT2D eigenvalue weighted by atomic mass is 16.6. The zero-order chi connectivity index (χ0) is 24.4. The molecule has 0 aliphatic carbocycles. The Hall–Kier alpha value is -3.50. The molecule has 32 heavy (non-hydrogen) atoms. The van der Waals surface area contributed by atoms with Crippen molar-refractivity contribution < 1.29 is 29.6 Å². The Balaban J connectivity index is 2.86. The molecule has 2 unspecified atom stereocenters. The molecule has 0 amide bonds. The van der Waals surface area contributed by atoms with E-state index in [1.165, 1.54) is 64.1 Å². The minimum atomic E-state index is -1.95. The van der Waals surface area contributed by atoms with Gasteiger partial charge in [-0.15, -0.1) is 0 Å². The van der Waals surface area contributed by atoms with Crippen LogP contribution in [0.5, 0.6) is 0 Å².